The Morgan fingerprint density at radius 3 is 2.45 bits per heavy atom. The number of benzene rings is 1. The van der Waals surface area contributed by atoms with Crippen LogP contribution in [0.2, 0.25) is 0 Å². The number of aromatic hydroxyl groups is 2. The lowest BCUT2D eigenvalue weighted by Gasteiger charge is -2.07. The van der Waals surface area contributed by atoms with Gasteiger partial charge in [0.1, 0.15) is 17.2 Å². The molecule has 0 aliphatic carbocycles. The van der Waals surface area contributed by atoms with Crippen molar-refractivity contribution in [3.05, 3.63) is 47.8 Å². The van der Waals surface area contributed by atoms with Crippen molar-refractivity contribution in [2.24, 2.45) is 0 Å². The van der Waals surface area contributed by atoms with Crippen molar-refractivity contribution in [1.29, 1.82) is 0 Å². The van der Waals surface area contributed by atoms with E-state index in [0.29, 0.717) is 0 Å². The minimum atomic E-state index is -1.17. The number of anilines is 1. The molecule has 1 amide bonds. The fourth-order valence-corrected chi connectivity index (χ4v) is 1.50. The third kappa shape index (κ3) is 2.83. The minimum Gasteiger partial charge on any atom is -0.508 e. The summed E-state index contributed by atoms with van der Waals surface area (Å²) in [5.74, 6) is -2.26. The smallest absolute Gasteiger partial charge is 0.354 e. The molecule has 0 aliphatic rings. The van der Waals surface area contributed by atoms with Gasteiger partial charge in [0.2, 0.25) is 0 Å². The lowest BCUT2D eigenvalue weighted by molar-refractivity contribution is 0.0690. The van der Waals surface area contributed by atoms with Gasteiger partial charge in [0.05, 0.1) is 17.4 Å². The van der Waals surface area contributed by atoms with Crippen molar-refractivity contribution in [2.75, 3.05) is 5.32 Å². The summed E-state index contributed by atoms with van der Waals surface area (Å²) in [6.07, 6.45) is 1.18. The highest BCUT2D eigenvalue weighted by Gasteiger charge is 2.13. The molecule has 0 unspecified atom stereocenters. The Labute approximate surface area is 113 Å². The second kappa shape index (κ2) is 5.27. The van der Waals surface area contributed by atoms with E-state index in [9.17, 15) is 19.8 Å². The van der Waals surface area contributed by atoms with E-state index < -0.39 is 11.9 Å². The van der Waals surface area contributed by atoms with E-state index in [2.05, 4.69) is 10.3 Å². The van der Waals surface area contributed by atoms with Gasteiger partial charge in [-0.3, -0.25) is 4.79 Å². The van der Waals surface area contributed by atoms with Crippen LogP contribution in [-0.4, -0.2) is 32.2 Å². The summed E-state index contributed by atoms with van der Waals surface area (Å²) in [7, 11) is 0. The molecule has 0 bridgehead atoms. The minimum absolute atomic E-state index is 0.104. The molecule has 0 spiro atoms. The van der Waals surface area contributed by atoms with Crippen molar-refractivity contribution < 1.29 is 24.9 Å². The number of rotatable bonds is 3. The van der Waals surface area contributed by atoms with Crippen molar-refractivity contribution in [3.63, 3.8) is 0 Å². The monoisotopic (exact) mass is 274 g/mol. The van der Waals surface area contributed by atoms with Crippen LogP contribution in [0.1, 0.15) is 20.8 Å². The molecule has 1 heterocycles. The molecule has 0 radical (unpaired) electrons. The summed E-state index contributed by atoms with van der Waals surface area (Å²) in [6, 6.07) is 6.16. The zero-order valence-electron chi connectivity index (χ0n) is 10.1. The molecule has 20 heavy (non-hydrogen) atoms. The van der Waals surface area contributed by atoms with E-state index in [1.165, 1.54) is 30.5 Å². The summed E-state index contributed by atoms with van der Waals surface area (Å²) in [4.78, 5) is 26.1. The van der Waals surface area contributed by atoms with Crippen LogP contribution in [0.5, 0.6) is 11.5 Å². The molecule has 7 heteroatoms. The Morgan fingerprint density at radius 2 is 1.85 bits per heavy atom. The number of aromatic carboxylic acids is 1. The topological polar surface area (TPSA) is 120 Å². The Hall–Kier alpha value is -3.09. The number of hydrogen-bond acceptors (Lipinski definition) is 5. The van der Waals surface area contributed by atoms with E-state index in [0.717, 1.165) is 6.07 Å². The van der Waals surface area contributed by atoms with Crippen LogP contribution in [-0.2, 0) is 0 Å². The van der Waals surface area contributed by atoms with Crippen molar-refractivity contribution >= 4 is 17.6 Å². The standard InChI is InChI=1S/C13H10N2O5/c16-8-2-4-11(17)9(5-8)12(18)15-7-1-3-10(13(19)20)14-6-7/h1-6,16-17H,(H,15,18)(H,19,20). The highest BCUT2D eigenvalue weighted by molar-refractivity contribution is 6.06. The maximum atomic E-state index is 11.9. The number of hydrogen-bond donors (Lipinski definition) is 4. The van der Waals surface area contributed by atoms with Crippen LogP contribution in [0.4, 0.5) is 5.69 Å². The van der Waals surface area contributed by atoms with E-state index in [1.54, 1.807) is 0 Å². The molecule has 0 fully saturated rings. The molecule has 0 aliphatic heterocycles. The molecule has 102 valence electrons. The predicted octanol–water partition coefficient (Wildman–Crippen LogP) is 1.44. The molecular weight excluding hydrogens is 264 g/mol. The third-order valence-corrected chi connectivity index (χ3v) is 2.47. The molecule has 2 rings (SSSR count). The number of carbonyl (C=O) groups excluding carboxylic acids is 1. The number of pyridine rings is 1. The number of carbonyl (C=O) groups is 2. The van der Waals surface area contributed by atoms with E-state index in [4.69, 9.17) is 5.11 Å². The number of phenols is 2. The van der Waals surface area contributed by atoms with E-state index in [1.807, 2.05) is 0 Å². The SMILES string of the molecule is O=C(O)c1ccc(NC(=O)c2cc(O)ccc2O)cn1. The summed E-state index contributed by atoms with van der Waals surface area (Å²) < 4.78 is 0. The number of nitrogens with zero attached hydrogens (tertiary/aromatic N) is 1. The third-order valence-electron chi connectivity index (χ3n) is 2.47. The van der Waals surface area contributed by atoms with Gasteiger partial charge in [-0.15, -0.1) is 0 Å². The fraction of sp³-hybridized carbons (Fsp3) is 0. The second-order valence-electron chi connectivity index (χ2n) is 3.89. The molecule has 0 saturated heterocycles. The van der Waals surface area contributed by atoms with Gasteiger partial charge in [-0.1, -0.05) is 0 Å². The van der Waals surface area contributed by atoms with E-state index in [-0.39, 0.29) is 28.4 Å². The first kappa shape index (κ1) is 13.3. The van der Waals surface area contributed by atoms with Crippen molar-refractivity contribution in [2.45, 2.75) is 0 Å². The first-order chi connectivity index (χ1) is 9.47. The highest BCUT2D eigenvalue weighted by Crippen LogP contribution is 2.23. The Kier molecular flexibility index (Phi) is 3.52. The molecular formula is C13H10N2O5. The van der Waals surface area contributed by atoms with Gasteiger partial charge in [-0.05, 0) is 30.3 Å². The van der Waals surface area contributed by atoms with E-state index >= 15 is 0 Å². The maximum absolute atomic E-state index is 11.9. The normalized spacial score (nSPS) is 10.0. The lowest BCUT2D eigenvalue weighted by Crippen LogP contribution is -2.12. The van der Waals surface area contributed by atoms with Gasteiger partial charge in [-0.25, -0.2) is 9.78 Å². The quantitative estimate of drug-likeness (QED) is 0.629. The van der Waals surface area contributed by atoms with Crippen LogP contribution in [0.25, 0.3) is 0 Å². The number of phenolic OH excluding ortho intramolecular Hbond substituents is 2. The summed E-state index contributed by atoms with van der Waals surface area (Å²) in [6.45, 7) is 0. The predicted molar refractivity (Wildman–Crippen MR) is 68.9 cm³/mol. The molecule has 4 N–H and O–H groups in total. The van der Waals surface area contributed by atoms with Gasteiger partial charge < -0.3 is 20.6 Å². The number of aromatic nitrogens is 1. The molecule has 1 aromatic carbocycles. The average molecular weight is 274 g/mol. The van der Waals surface area contributed by atoms with Crippen molar-refractivity contribution in [3.8, 4) is 11.5 Å². The molecule has 1 aromatic heterocycles. The molecule has 7 nitrogen and oxygen atoms in total. The largest absolute Gasteiger partial charge is 0.508 e. The Morgan fingerprint density at radius 1 is 1.10 bits per heavy atom. The zero-order valence-corrected chi connectivity index (χ0v) is 10.1. The number of carboxylic acid groups (broad SMARTS) is 1. The Bertz CT molecular complexity index is 667. The molecule has 0 atom stereocenters. The molecule has 2 aromatic rings. The van der Waals surface area contributed by atoms with Gasteiger partial charge in [-0.2, -0.15) is 0 Å². The number of amides is 1. The van der Waals surface area contributed by atoms with Gasteiger partial charge >= 0.3 is 5.97 Å². The van der Waals surface area contributed by atoms with Gasteiger partial charge in [0, 0.05) is 0 Å². The number of nitrogens with one attached hydrogen (secondary N) is 1. The highest BCUT2D eigenvalue weighted by atomic mass is 16.4. The first-order valence-corrected chi connectivity index (χ1v) is 5.50. The first-order valence-electron chi connectivity index (χ1n) is 5.50. The maximum Gasteiger partial charge on any atom is 0.354 e. The lowest BCUT2D eigenvalue weighted by atomic mass is 10.1. The molecule has 0 saturated carbocycles. The van der Waals surface area contributed by atoms with Gasteiger partial charge in [0.25, 0.3) is 5.91 Å². The average Bonchev–Trinajstić information content (AvgIpc) is 2.42. The summed E-state index contributed by atoms with van der Waals surface area (Å²) in [5, 5.41) is 29.9. The van der Waals surface area contributed by atoms with Crippen LogP contribution < -0.4 is 5.32 Å². The fourth-order valence-electron chi connectivity index (χ4n) is 1.50. The van der Waals surface area contributed by atoms with Crippen LogP contribution in [0.15, 0.2) is 36.5 Å². The Balaban J connectivity index is 2.19. The number of carboxylic acids is 1. The van der Waals surface area contributed by atoms with Crippen molar-refractivity contribution in [1.82, 2.24) is 4.98 Å². The van der Waals surface area contributed by atoms with Crippen LogP contribution in [0.3, 0.4) is 0 Å². The zero-order chi connectivity index (χ0) is 14.7. The van der Waals surface area contributed by atoms with Crippen LogP contribution in [0, 0.1) is 0 Å². The van der Waals surface area contributed by atoms with Crippen LogP contribution >= 0.6 is 0 Å². The summed E-state index contributed by atoms with van der Waals surface area (Å²) >= 11 is 0. The van der Waals surface area contributed by atoms with Gasteiger partial charge in [0.15, 0.2) is 0 Å². The second-order valence-corrected chi connectivity index (χ2v) is 3.89. The summed E-state index contributed by atoms with van der Waals surface area (Å²) in [5.41, 5.74) is 0.0123.